The molecule has 1 aliphatic rings. The van der Waals surface area contributed by atoms with E-state index in [1.165, 1.54) is 28.6 Å². The summed E-state index contributed by atoms with van der Waals surface area (Å²) >= 11 is 0. The van der Waals surface area contributed by atoms with E-state index >= 15 is 0 Å². The van der Waals surface area contributed by atoms with Crippen LogP contribution >= 0.6 is 0 Å². The third-order valence-electron chi connectivity index (χ3n) is 5.70. The third kappa shape index (κ3) is 4.37. The number of benzene rings is 2. The SMILES string of the molecule is Cc1cccc(-n2ncc(C(=O)N3CCN(S(=O)(=O)c4ccc([N+](=O)[O-])cc4)CC3)c2C)c1. The van der Waals surface area contributed by atoms with E-state index in [9.17, 15) is 23.3 Å². The zero-order chi connectivity index (χ0) is 23.8. The Morgan fingerprint density at radius 3 is 2.30 bits per heavy atom. The summed E-state index contributed by atoms with van der Waals surface area (Å²) in [7, 11) is -3.81. The summed E-state index contributed by atoms with van der Waals surface area (Å²) in [6.45, 7) is 4.56. The highest BCUT2D eigenvalue weighted by Gasteiger charge is 2.31. The summed E-state index contributed by atoms with van der Waals surface area (Å²) in [5.41, 5.74) is 2.96. The van der Waals surface area contributed by atoms with Gasteiger partial charge in [0, 0.05) is 38.3 Å². The number of piperazine rings is 1. The highest BCUT2D eigenvalue weighted by Crippen LogP contribution is 2.22. The molecule has 0 N–H and O–H groups in total. The minimum absolute atomic E-state index is 0.0110. The Morgan fingerprint density at radius 2 is 1.70 bits per heavy atom. The molecular formula is C22H23N5O5S. The van der Waals surface area contributed by atoms with Crippen molar-refractivity contribution < 1.29 is 18.1 Å². The molecule has 0 unspecified atom stereocenters. The van der Waals surface area contributed by atoms with Crippen LogP contribution in [-0.2, 0) is 10.0 Å². The molecule has 0 saturated carbocycles. The van der Waals surface area contributed by atoms with E-state index in [4.69, 9.17) is 0 Å². The Labute approximate surface area is 191 Å². The van der Waals surface area contributed by atoms with Crippen molar-refractivity contribution in [3.05, 3.63) is 81.7 Å². The van der Waals surface area contributed by atoms with Crippen molar-refractivity contribution in [2.75, 3.05) is 26.2 Å². The van der Waals surface area contributed by atoms with Crippen molar-refractivity contribution in [2.45, 2.75) is 18.7 Å². The lowest BCUT2D eigenvalue weighted by Crippen LogP contribution is -2.50. The molecule has 3 aromatic rings. The number of carbonyl (C=O) groups excluding carboxylic acids is 1. The van der Waals surface area contributed by atoms with Crippen molar-refractivity contribution in [1.82, 2.24) is 19.0 Å². The molecular weight excluding hydrogens is 446 g/mol. The minimum atomic E-state index is -3.81. The van der Waals surface area contributed by atoms with Crippen molar-refractivity contribution >= 4 is 21.6 Å². The monoisotopic (exact) mass is 469 g/mol. The van der Waals surface area contributed by atoms with Crippen molar-refractivity contribution in [3.63, 3.8) is 0 Å². The summed E-state index contributed by atoms with van der Waals surface area (Å²) in [6, 6.07) is 12.6. The molecule has 1 fully saturated rings. The van der Waals surface area contributed by atoms with Crippen molar-refractivity contribution in [3.8, 4) is 5.69 Å². The number of sulfonamides is 1. The van der Waals surface area contributed by atoms with Gasteiger partial charge in [0.15, 0.2) is 0 Å². The second kappa shape index (κ2) is 8.75. The number of aryl methyl sites for hydroxylation is 1. The lowest BCUT2D eigenvalue weighted by molar-refractivity contribution is -0.384. The van der Waals surface area contributed by atoms with E-state index in [1.54, 1.807) is 15.8 Å². The first-order chi connectivity index (χ1) is 15.7. The summed E-state index contributed by atoms with van der Waals surface area (Å²) in [6.07, 6.45) is 1.54. The Kier molecular flexibility index (Phi) is 6.00. The summed E-state index contributed by atoms with van der Waals surface area (Å²) in [5, 5.41) is 15.2. The molecule has 33 heavy (non-hydrogen) atoms. The van der Waals surface area contributed by atoms with Gasteiger partial charge in [-0.05, 0) is 43.7 Å². The van der Waals surface area contributed by atoms with E-state index in [1.807, 2.05) is 38.1 Å². The average molecular weight is 470 g/mol. The Bertz CT molecular complexity index is 1310. The van der Waals surface area contributed by atoms with Gasteiger partial charge >= 0.3 is 0 Å². The summed E-state index contributed by atoms with van der Waals surface area (Å²) < 4.78 is 28.8. The number of nitrogens with zero attached hydrogens (tertiary/aromatic N) is 5. The van der Waals surface area contributed by atoms with Gasteiger partial charge in [0.05, 0.1) is 33.0 Å². The van der Waals surface area contributed by atoms with E-state index in [2.05, 4.69) is 5.10 Å². The van der Waals surface area contributed by atoms with Gasteiger partial charge in [-0.15, -0.1) is 0 Å². The number of hydrogen-bond acceptors (Lipinski definition) is 6. The average Bonchev–Trinajstić information content (AvgIpc) is 3.20. The van der Waals surface area contributed by atoms with Gasteiger partial charge in [-0.3, -0.25) is 14.9 Å². The molecule has 10 nitrogen and oxygen atoms in total. The topological polar surface area (TPSA) is 119 Å². The number of nitro groups is 1. The molecule has 0 atom stereocenters. The smallest absolute Gasteiger partial charge is 0.269 e. The first kappa shape index (κ1) is 22.6. The van der Waals surface area contributed by atoms with Crippen LogP contribution in [0.5, 0.6) is 0 Å². The second-order valence-electron chi connectivity index (χ2n) is 7.84. The molecule has 2 aromatic carbocycles. The quantitative estimate of drug-likeness (QED) is 0.419. The molecule has 1 aliphatic heterocycles. The van der Waals surface area contributed by atoms with Gasteiger partial charge in [0.1, 0.15) is 0 Å². The number of aromatic nitrogens is 2. The van der Waals surface area contributed by atoms with Gasteiger partial charge in [0.2, 0.25) is 10.0 Å². The number of amides is 1. The highest BCUT2D eigenvalue weighted by molar-refractivity contribution is 7.89. The predicted molar refractivity (Wildman–Crippen MR) is 121 cm³/mol. The van der Waals surface area contributed by atoms with Crippen LogP contribution in [0.2, 0.25) is 0 Å². The maximum absolute atomic E-state index is 13.1. The van der Waals surface area contributed by atoms with Crippen LogP contribution in [0, 0.1) is 24.0 Å². The Hall–Kier alpha value is -3.57. The number of rotatable bonds is 5. The Morgan fingerprint density at radius 1 is 1.03 bits per heavy atom. The van der Waals surface area contributed by atoms with Crippen LogP contribution in [0.1, 0.15) is 21.6 Å². The molecule has 0 bridgehead atoms. The molecule has 11 heteroatoms. The van der Waals surface area contributed by atoms with Crippen LogP contribution in [0.15, 0.2) is 59.6 Å². The van der Waals surface area contributed by atoms with E-state index in [0.29, 0.717) is 11.3 Å². The maximum atomic E-state index is 13.1. The molecule has 172 valence electrons. The minimum Gasteiger partial charge on any atom is -0.336 e. The molecule has 1 amide bonds. The molecule has 1 aromatic heterocycles. The fourth-order valence-electron chi connectivity index (χ4n) is 3.83. The molecule has 2 heterocycles. The molecule has 0 aliphatic carbocycles. The molecule has 1 saturated heterocycles. The number of hydrogen-bond donors (Lipinski definition) is 0. The maximum Gasteiger partial charge on any atom is 0.269 e. The van der Waals surface area contributed by atoms with Gasteiger partial charge in [-0.25, -0.2) is 13.1 Å². The normalized spacial score (nSPS) is 14.9. The lowest BCUT2D eigenvalue weighted by Gasteiger charge is -2.34. The standard InChI is InChI=1S/C22H23N5O5S/c1-16-4-3-5-19(14-16)26-17(2)21(15-23-26)22(28)24-10-12-25(13-11-24)33(31,32)20-8-6-18(7-9-20)27(29)30/h3-9,14-15H,10-13H2,1-2H3. The van der Waals surface area contributed by atoms with Crippen LogP contribution in [-0.4, -0.2) is 64.4 Å². The summed E-state index contributed by atoms with van der Waals surface area (Å²) in [4.78, 5) is 24.9. The van der Waals surface area contributed by atoms with Crippen LogP contribution in [0.25, 0.3) is 5.69 Å². The van der Waals surface area contributed by atoms with E-state index in [-0.39, 0.29) is 42.7 Å². The third-order valence-corrected chi connectivity index (χ3v) is 7.61. The van der Waals surface area contributed by atoms with Gasteiger partial charge in [0.25, 0.3) is 11.6 Å². The second-order valence-corrected chi connectivity index (χ2v) is 9.78. The first-order valence-corrected chi connectivity index (χ1v) is 11.8. The largest absolute Gasteiger partial charge is 0.336 e. The highest BCUT2D eigenvalue weighted by atomic mass is 32.2. The predicted octanol–water partition coefficient (Wildman–Crippen LogP) is 2.54. The van der Waals surface area contributed by atoms with Crippen molar-refractivity contribution in [1.29, 1.82) is 0 Å². The Balaban J connectivity index is 1.46. The fourth-order valence-corrected chi connectivity index (χ4v) is 5.25. The first-order valence-electron chi connectivity index (χ1n) is 10.3. The zero-order valence-electron chi connectivity index (χ0n) is 18.2. The number of carbonyl (C=O) groups is 1. The number of non-ortho nitro benzene ring substituents is 1. The van der Waals surface area contributed by atoms with Crippen LogP contribution in [0.3, 0.4) is 0 Å². The zero-order valence-corrected chi connectivity index (χ0v) is 19.0. The van der Waals surface area contributed by atoms with Crippen molar-refractivity contribution in [2.24, 2.45) is 0 Å². The van der Waals surface area contributed by atoms with Gasteiger partial charge < -0.3 is 4.90 Å². The van der Waals surface area contributed by atoms with Crippen LogP contribution < -0.4 is 0 Å². The number of nitro benzene ring substituents is 1. The molecule has 0 spiro atoms. The van der Waals surface area contributed by atoms with E-state index < -0.39 is 14.9 Å². The van der Waals surface area contributed by atoms with Gasteiger partial charge in [-0.2, -0.15) is 9.40 Å². The lowest BCUT2D eigenvalue weighted by atomic mass is 10.2. The van der Waals surface area contributed by atoms with E-state index in [0.717, 1.165) is 11.3 Å². The van der Waals surface area contributed by atoms with Gasteiger partial charge in [-0.1, -0.05) is 12.1 Å². The molecule has 0 radical (unpaired) electrons. The fraction of sp³-hybridized carbons (Fsp3) is 0.273. The summed E-state index contributed by atoms with van der Waals surface area (Å²) in [5.74, 6) is -0.196. The molecule has 4 rings (SSSR count). The van der Waals surface area contributed by atoms with Crippen LogP contribution in [0.4, 0.5) is 5.69 Å².